The van der Waals surface area contributed by atoms with Gasteiger partial charge < -0.3 is 14.4 Å². The van der Waals surface area contributed by atoms with Crippen LogP contribution in [0, 0.1) is 13.8 Å². The molecule has 0 spiro atoms. The first kappa shape index (κ1) is 19.4. The quantitative estimate of drug-likeness (QED) is 0.559. The van der Waals surface area contributed by atoms with Crippen LogP contribution in [0.1, 0.15) is 16.7 Å². The van der Waals surface area contributed by atoms with E-state index in [2.05, 4.69) is 0 Å². The van der Waals surface area contributed by atoms with E-state index < -0.39 is 22.0 Å². The summed E-state index contributed by atoms with van der Waals surface area (Å²) < 4.78 is 39.5. The molecule has 0 saturated heterocycles. The lowest BCUT2D eigenvalue weighted by molar-refractivity contribution is -0.703. The van der Waals surface area contributed by atoms with Gasteiger partial charge in [-0.05, 0) is 37.0 Å². The predicted molar refractivity (Wildman–Crippen MR) is 92.3 cm³/mol. The van der Waals surface area contributed by atoms with Crippen LogP contribution in [0.2, 0.25) is 0 Å². The molecule has 0 radical (unpaired) electrons. The number of ether oxygens (including phenoxy) is 1. The molecule has 1 aromatic carbocycles. The van der Waals surface area contributed by atoms with Gasteiger partial charge in [0.2, 0.25) is 0 Å². The largest absolute Gasteiger partial charge is 0.748 e. The maximum absolute atomic E-state index is 10.6. The fourth-order valence-electron chi connectivity index (χ4n) is 2.52. The molecule has 0 fully saturated rings. The van der Waals surface area contributed by atoms with Gasteiger partial charge in [0.1, 0.15) is 18.5 Å². The SMILES string of the molecule is Cc1cccc(C)c1OCC(O)C[n+]1ccc(CCS(=O)(=O)[O-])cc1. The van der Waals surface area contributed by atoms with Crippen molar-refractivity contribution in [3.05, 3.63) is 59.4 Å². The Balaban J connectivity index is 1.87. The minimum Gasteiger partial charge on any atom is -0.748 e. The Morgan fingerprint density at radius 3 is 2.32 bits per heavy atom. The highest BCUT2D eigenvalue weighted by atomic mass is 32.2. The third kappa shape index (κ3) is 6.45. The molecule has 0 aliphatic carbocycles. The zero-order chi connectivity index (χ0) is 18.4. The van der Waals surface area contributed by atoms with Crippen LogP contribution in [0.25, 0.3) is 0 Å². The Bertz CT molecular complexity index is 782. The van der Waals surface area contributed by atoms with Crippen LogP contribution in [0.4, 0.5) is 0 Å². The maximum Gasteiger partial charge on any atom is 0.177 e. The van der Waals surface area contributed by atoms with Crippen LogP contribution in [-0.2, 0) is 23.1 Å². The maximum atomic E-state index is 10.6. The van der Waals surface area contributed by atoms with Gasteiger partial charge in [-0.3, -0.25) is 0 Å². The molecular weight excluding hydrogens is 342 g/mol. The highest BCUT2D eigenvalue weighted by molar-refractivity contribution is 7.85. The number of aromatic nitrogens is 1. The Labute approximate surface area is 148 Å². The van der Waals surface area contributed by atoms with Crippen LogP contribution >= 0.6 is 0 Å². The number of para-hydroxylation sites is 1. The molecule has 1 aromatic heterocycles. The van der Waals surface area contributed by atoms with Gasteiger partial charge >= 0.3 is 0 Å². The molecule has 0 aliphatic rings. The summed E-state index contributed by atoms with van der Waals surface area (Å²) in [6, 6.07) is 9.37. The standard InChI is InChI=1S/C18H23NO5S/c1-14-4-3-5-15(2)18(14)24-13-17(20)12-19-9-6-16(7-10-19)8-11-25(21,22)23/h3-7,9-10,17,20H,8,11-13H2,1-2H3. The van der Waals surface area contributed by atoms with Crippen molar-refractivity contribution in [3.8, 4) is 5.75 Å². The lowest BCUT2D eigenvalue weighted by Crippen LogP contribution is -2.41. The van der Waals surface area contributed by atoms with Gasteiger partial charge in [-0.2, -0.15) is 0 Å². The highest BCUT2D eigenvalue weighted by Crippen LogP contribution is 2.22. The summed E-state index contributed by atoms with van der Waals surface area (Å²) in [4.78, 5) is 0. The number of hydrogen-bond acceptors (Lipinski definition) is 5. The third-order valence-electron chi connectivity index (χ3n) is 3.85. The second-order valence-corrected chi connectivity index (χ2v) is 7.62. The van der Waals surface area contributed by atoms with Gasteiger partial charge in [0.15, 0.2) is 18.9 Å². The number of aliphatic hydroxyl groups excluding tert-OH is 1. The van der Waals surface area contributed by atoms with E-state index in [1.54, 1.807) is 29.1 Å². The van der Waals surface area contributed by atoms with E-state index in [0.717, 1.165) is 22.4 Å². The van der Waals surface area contributed by atoms with Crippen molar-refractivity contribution in [2.75, 3.05) is 12.4 Å². The molecular formula is C18H23NO5S. The van der Waals surface area contributed by atoms with E-state index in [1.807, 2.05) is 32.0 Å². The minimum absolute atomic E-state index is 0.175. The highest BCUT2D eigenvalue weighted by Gasteiger charge is 2.13. The number of rotatable bonds is 8. The lowest BCUT2D eigenvalue weighted by atomic mass is 10.1. The van der Waals surface area contributed by atoms with Crippen molar-refractivity contribution in [1.82, 2.24) is 0 Å². The van der Waals surface area contributed by atoms with Gasteiger partial charge in [0, 0.05) is 17.9 Å². The molecule has 1 heterocycles. The van der Waals surface area contributed by atoms with Gasteiger partial charge in [0.05, 0.1) is 10.1 Å². The van der Waals surface area contributed by atoms with Gasteiger partial charge in [-0.1, -0.05) is 18.2 Å². The van der Waals surface area contributed by atoms with E-state index in [1.165, 1.54) is 0 Å². The van der Waals surface area contributed by atoms with Crippen LogP contribution in [0.3, 0.4) is 0 Å². The molecule has 1 N–H and O–H groups in total. The first-order chi connectivity index (χ1) is 11.7. The van der Waals surface area contributed by atoms with Crippen LogP contribution in [0.15, 0.2) is 42.7 Å². The van der Waals surface area contributed by atoms with Crippen molar-refractivity contribution in [3.63, 3.8) is 0 Å². The smallest absolute Gasteiger partial charge is 0.177 e. The fraction of sp³-hybridized carbons (Fsp3) is 0.389. The van der Waals surface area contributed by atoms with Gasteiger partial charge in [-0.15, -0.1) is 0 Å². The predicted octanol–water partition coefficient (Wildman–Crippen LogP) is 1.12. The molecule has 7 heteroatoms. The van der Waals surface area contributed by atoms with Gasteiger partial charge in [0.25, 0.3) is 0 Å². The fourth-order valence-corrected chi connectivity index (χ4v) is 3.01. The first-order valence-corrected chi connectivity index (χ1v) is 9.61. The zero-order valence-corrected chi connectivity index (χ0v) is 15.2. The summed E-state index contributed by atoms with van der Waals surface area (Å²) >= 11 is 0. The summed E-state index contributed by atoms with van der Waals surface area (Å²) in [5.41, 5.74) is 2.81. The topological polar surface area (TPSA) is 90.5 Å². The molecule has 0 aliphatic heterocycles. The monoisotopic (exact) mass is 365 g/mol. The average molecular weight is 365 g/mol. The second kappa shape index (κ2) is 8.42. The third-order valence-corrected chi connectivity index (χ3v) is 4.56. The molecule has 1 unspecified atom stereocenters. The number of aryl methyl sites for hydroxylation is 3. The van der Waals surface area contributed by atoms with Crippen LogP contribution in [-0.4, -0.2) is 36.5 Å². The van der Waals surface area contributed by atoms with Crippen molar-refractivity contribution < 1.29 is 27.4 Å². The summed E-state index contributed by atoms with van der Waals surface area (Å²) in [5.74, 6) is 0.379. The van der Waals surface area contributed by atoms with Crippen LogP contribution < -0.4 is 9.30 Å². The molecule has 2 rings (SSSR count). The van der Waals surface area contributed by atoms with E-state index in [0.29, 0.717) is 6.54 Å². The average Bonchev–Trinajstić information content (AvgIpc) is 2.53. The van der Waals surface area contributed by atoms with E-state index in [-0.39, 0.29) is 13.0 Å². The first-order valence-electron chi connectivity index (χ1n) is 8.03. The molecule has 0 saturated carbocycles. The van der Waals surface area contributed by atoms with E-state index in [4.69, 9.17) is 4.74 Å². The summed E-state index contributed by atoms with van der Waals surface area (Å²) in [7, 11) is -4.21. The second-order valence-electron chi connectivity index (χ2n) is 6.10. The minimum atomic E-state index is -4.21. The Kier molecular flexibility index (Phi) is 6.52. The summed E-state index contributed by atoms with van der Waals surface area (Å²) in [6.45, 7) is 4.45. The van der Waals surface area contributed by atoms with Crippen molar-refractivity contribution >= 4 is 10.1 Å². The Morgan fingerprint density at radius 1 is 1.16 bits per heavy atom. The molecule has 136 valence electrons. The number of aliphatic hydroxyl groups is 1. The van der Waals surface area contributed by atoms with E-state index in [9.17, 15) is 18.1 Å². The number of hydrogen-bond donors (Lipinski definition) is 1. The Morgan fingerprint density at radius 2 is 1.76 bits per heavy atom. The van der Waals surface area contributed by atoms with Crippen molar-refractivity contribution in [1.29, 1.82) is 0 Å². The number of nitrogens with zero attached hydrogens (tertiary/aromatic N) is 1. The molecule has 1 atom stereocenters. The molecule has 0 bridgehead atoms. The molecule has 6 nitrogen and oxygen atoms in total. The van der Waals surface area contributed by atoms with Crippen molar-refractivity contribution in [2.45, 2.75) is 32.9 Å². The number of pyridine rings is 1. The molecule has 25 heavy (non-hydrogen) atoms. The van der Waals surface area contributed by atoms with Gasteiger partial charge in [-0.25, -0.2) is 13.0 Å². The summed E-state index contributed by atoms with van der Waals surface area (Å²) in [6.07, 6.45) is 2.99. The Hall–Kier alpha value is -1.96. The zero-order valence-electron chi connectivity index (χ0n) is 14.4. The lowest BCUT2D eigenvalue weighted by Gasteiger charge is -2.14. The van der Waals surface area contributed by atoms with E-state index >= 15 is 0 Å². The summed E-state index contributed by atoms with van der Waals surface area (Å²) in [5, 5.41) is 10.2. The van der Waals surface area contributed by atoms with Crippen molar-refractivity contribution in [2.24, 2.45) is 0 Å². The van der Waals surface area contributed by atoms with Crippen LogP contribution in [0.5, 0.6) is 5.75 Å². The number of benzene rings is 1. The molecule has 0 amide bonds. The normalized spacial score (nSPS) is 12.8. The molecule has 2 aromatic rings.